The van der Waals surface area contributed by atoms with Crippen LogP contribution in [0.1, 0.15) is 46.5 Å². The zero-order valence-corrected chi connectivity index (χ0v) is 8.84. The number of hydrogen-bond acceptors (Lipinski definition) is 1. The van der Waals surface area contributed by atoms with Gasteiger partial charge in [0, 0.05) is 0 Å². The zero-order valence-electron chi connectivity index (χ0n) is 8.84. The van der Waals surface area contributed by atoms with Gasteiger partial charge in [-0.25, -0.2) is 0 Å². The van der Waals surface area contributed by atoms with Gasteiger partial charge in [0.2, 0.25) is 0 Å². The molecule has 1 fully saturated rings. The first-order chi connectivity index (χ1) is 6.00. The molecule has 1 rings (SSSR count). The van der Waals surface area contributed by atoms with Crippen molar-refractivity contribution in [3.63, 3.8) is 0 Å². The Kier molecular flexibility index (Phi) is 2.99. The minimum atomic E-state index is -0.602. The molecule has 1 aliphatic carbocycles. The van der Waals surface area contributed by atoms with E-state index in [0.29, 0.717) is 11.8 Å². The van der Waals surface area contributed by atoms with E-state index in [1.165, 1.54) is 0 Å². The Labute approximate surface area is 80.3 Å². The molecule has 1 saturated carbocycles. The Hall–Kier alpha value is -0.530. The summed E-state index contributed by atoms with van der Waals surface area (Å²) in [6, 6.07) is 0. The monoisotopic (exact) mass is 184 g/mol. The second-order valence-electron chi connectivity index (χ2n) is 4.75. The van der Waals surface area contributed by atoms with Gasteiger partial charge in [-0.05, 0) is 38.0 Å². The summed E-state index contributed by atoms with van der Waals surface area (Å²) in [5.74, 6) is 0.373. The average Bonchev–Trinajstić information content (AvgIpc) is 2.29. The third-order valence-corrected chi connectivity index (χ3v) is 3.49. The summed E-state index contributed by atoms with van der Waals surface area (Å²) in [5.41, 5.74) is -0.449. The topological polar surface area (TPSA) is 37.3 Å². The fraction of sp³-hybridized carbons (Fsp3) is 0.909. The molecule has 0 saturated heterocycles. The Morgan fingerprint density at radius 3 is 2.69 bits per heavy atom. The van der Waals surface area contributed by atoms with Crippen molar-refractivity contribution in [2.75, 3.05) is 0 Å². The van der Waals surface area contributed by atoms with Crippen molar-refractivity contribution in [1.82, 2.24) is 0 Å². The van der Waals surface area contributed by atoms with E-state index in [9.17, 15) is 9.90 Å². The quantitative estimate of drug-likeness (QED) is 0.732. The van der Waals surface area contributed by atoms with E-state index in [4.69, 9.17) is 0 Å². The minimum absolute atomic E-state index is 0.394. The van der Waals surface area contributed by atoms with E-state index in [2.05, 4.69) is 13.8 Å². The number of carboxylic acid groups (broad SMARTS) is 1. The minimum Gasteiger partial charge on any atom is -0.481 e. The van der Waals surface area contributed by atoms with E-state index >= 15 is 0 Å². The molecule has 2 heteroatoms. The first-order valence-electron chi connectivity index (χ1n) is 5.24. The largest absolute Gasteiger partial charge is 0.481 e. The normalized spacial score (nSPS) is 39.3. The fourth-order valence-corrected chi connectivity index (χ4v) is 2.77. The van der Waals surface area contributed by atoms with Crippen molar-refractivity contribution in [1.29, 1.82) is 0 Å². The third kappa shape index (κ3) is 1.87. The van der Waals surface area contributed by atoms with Crippen LogP contribution in [-0.4, -0.2) is 11.1 Å². The van der Waals surface area contributed by atoms with Gasteiger partial charge in [-0.15, -0.1) is 0 Å². The van der Waals surface area contributed by atoms with Crippen LogP contribution in [0.25, 0.3) is 0 Å². The van der Waals surface area contributed by atoms with E-state index in [1.54, 1.807) is 0 Å². The molecule has 0 bridgehead atoms. The molecule has 0 spiro atoms. The maximum Gasteiger partial charge on any atom is 0.309 e. The Balaban J connectivity index is 2.75. The SMILES string of the molecule is CCCC1CC(C)CC1(C)C(=O)O. The van der Waals surface area contributed by atoms with Crippen molar-refractivity contribution in [3.8, 4) is 0 Å². The van der Waals surface area contributed by atoms with Crippen molar-refractivity contribution >= 4 is 5.97 Å². The van der Waals surface area contributed by atoms with Gasteiger partial charge in [0.25, 0.3) is 0 Å². The summed E-state index contributed by atoms with van der Waals surface area (Å²) in [4.78, 5) is 11.2. The van der Waals surface area contributed by atoms with Gasteiger partial charge in [-0.2, -0.15) is 0 Å². The molecule has 0 radical (unpaired) electrons. The third-order valence-electron chi connectivity index (χ3n) is 3.49. The van der Waals surface area contributed by atoms with Gasteiger partial charge in [0.05, 0.1) is 5.41 Å². The summed E-state index contributed by atoms with van der Waals surface area (Å²) in [7, 11) is 0. The van der Waals surface area contributed by atoms with E-state index in [-0.39, 0.29) is 0 Å². The molecule has 3 atom stereocenters. The van der Waals surface area contributed by atoms with Crippen LogP contribution in [0.15, 0.2) is 0 Å². The van der Waals surface area contributed by atoms with Gasteiger partial charge in [0.15, 0.2) is 0 Å². The van der Waals surface area contributed by atoms with Crippen LogP contribution in [0, 0.1) is 17.3 Å². The van der Waals surface area contributed by atoms with Gasteiger partial charge in [-0.1, -0.05) is 20.3 Å². The van der Waals surface area contributed by atoms with Gasteiger partial charge < -0.3 is 5.11 Å². The van der Waals surface area contributed by atoms with Gasteiger partial charge in [0.1, 0.15) is 0 Å². The molecule has 3 unspecified atom stereocenters. The van der Waals surface area contributed by atoms with Gasteiger partial charge >= 0.3 is 5.97 Å². The zero-order chi connectivity index (χ0) is 10.1. The maximum absolute atomic E-state index is 11.2. The highest BCUT2D eigenvalue weighted by Crippen LogP contribution is 2.48. The second-order valence-corrected chi connectivity index (χ2v) is 4.75. The molecule has 0 aromatic rings. The summed E-state index contributed by atoms with van der Waals surface area (Å²) in [6.45, 7) is 6.21. The molecule has 2 nitrogen and oxygen atoms in total. The number of aliphatic carboxylic acids is 1. The average molecular weight is 184 g/mol. The molecule has 1 aliphatic rings. The lowest BCUT2D eigenvalue weighted by molar-refractivity contribution is -0.150. The number of hydrogen-bond donors (Lipinski definition) is 1. The van der Waals surface area contributed by atoms with Crippen LogP contribution >= 0.6 is 0 Å². The first-order valence-corrected chi connectivity index (χ1v) is 5.24. The highest BCUT2D eigenvalue weighted by Gasteiger charge is 2.47. The Morgan fingerprint density at radius 1 is 1.62 bits per heavy atom. The van der Waals surface area contributed by atoms with Crippen molar-refractivity contribution < 1.29 is 9.90 Å². The summed E-state index contributed by atoms with van der Waals surface area (Å²) < 4.78 is 0. The van der Waals surface area contributed by atoms with Gasteiger partial charge in [-0.3, -0.25) is 4.79 Å². The number of carbonyl (C=O) groups is 1. The predicted octanol–water partition coefficient (Wildman–Crippen LogP) is 2.92. The lowest BCUT2D eigenvalue weighted by Crippen LogP contribution is -2.31. The molecular formula is C11H20O2. The van der Waals surface area contributed by atoms with Crippen LogP contribution in [-0.2, 0) is 4.79 Å². The Morgan fingerprint density at radius 2 is 2.23 bits per heavy atom. The summed E-state index contributed by atoms with van der Waals surface area (Å²) in [5, 5.41) is 9.19. The summed E-state index contributed by atoms with van der Waals surface area (Å²) >= 11 is 0. The van der Waals surface area contributed by atoms with Crippen molar-refractivity contribution in [3.05, 3.63) is 0 Å². The molecule has 13 heavy (non-hydrogen) atoms. The first kappa shape index (κ1) is 10.6. The van der Waals surface area contributed by atoms with E-state index in [0.717, 1.165) is 25.7 Å². The molecule has 0 aliphatic heterocycles. The molecule has 0 aromatic carbocycles. The van der Waals surface area contributed by atoms with Crippen LogP contribution in [0.3, 0.4) is 0 Å². The lowest BCUT2D eigenvalue weighted by atomic mass is 9.77. The molecule has 0 amide bonds. The van der Waals surface area contributed by atoms with Crippen LogP contribution in [0.5, 0.6) is 0 Å². The number of carboxylic acids is 1. The maximum atomic E-state index is 11.2. The standard InChI is InChI=1S/C11H20O2/c1-4-5-9-6-8(2)7-11(9,3)10(12)13/h8-9H,4-7H2,1-3H3,(H,12,13). The lowest BCUT2D eigenvalue weighted by Gasteiger charge is -2.26. The van der Waals surface area contributed by atoms with Crippen LogP contribution in [0.4, 0.5) is 0 Å². The molecule has 1 N–H and O–H groups in total. The highest BCUT2D eigenvalue weighted by molar-refractivity contribution is 5.75. The molecule has 76 valence electrons. The Bertz CT molecular complexity index is 200. The van der Waals surface area contributed by atoms with Crippen LogP contribution < -0.4 is 0 Å². The summed E-state index contributed by atoms with van der Waals surface area (Å²) in [6.07, 6.45) is 4.11. The van der Waals surface area contributed by atoms with Crippen molar-refractivity contribution in [2.45, 2.75) is 46.5 Å². The number of rotatable bonds is 3. The van der Waals surface area contributed by atoms with E-state index < -0.39 is 11.4 Å². The molecular weight excluding hydrogens is 164 g/mol. The molecule has 0 heterocycles. The highest BCUT2D eigenvalue weighted by atomic mass is 16.4. The van der Waals surface area contributed by atoms with Crippen LogP contribution in [0.2, 0.25) is 0 Å². The predicted molar refractivity (Wildman–Crippen MR) is 52.5 cm³/mol. The van der Waals surface area contributed by atoms with Crippen molar-refractivity contribution in [2.24, 2.45) is 17.3 Å². The van der Waals surface area contributed by atoms with E-state index in [1.807, 2.05) is 6.92 Å². The smallest absolute Gasteiger partial charge is 0.309 e. The fourth-order valence-electron chi connectivity index (χ4n) is 2.77. The second kappa shape index (κ2) is 3.69. The molecule has 0 aromatic heterocycles.